The molecule has 2 aliphatic rings. The van der Waals surface area contributed by atoms with Gasteiger partial charge in [-0.05, 0) is 23.4 Å². The maximum atomic E-state index is 12.5. The van der Waals surface area contributed by atoms with Crippen LogP contribution in [-0.2, 0) is 22.6 Å². The lowest BCUT2D eigenvalue weighted by atomic mass is 10.0. The second-order valence-corrected chi connectivity index (χ2v) is 6.67. The fourth-order valence-electron chi connectivity index (χ4n) is 3.00. The van der Waals surface area contributed by atoms with Crippen molar-refractivity contribution in [2.75, 3.05) is 19.6 Å². The average Bonchev–Trinajstić information content (AvgIpc) is 3.03. The maximum absolute atomic E-state index is 12.5. The van der Waals surface area contributed by atoms with E-state index in [2.05, 4.69) is 0 Å². The molecule has 1 aromatic heterocycles. The molecule has 4 nitrogen and oxygen atoms in total. The summed E-state index contributed by atoms with van der Waals surface area (Å²) in [5, 5.41) is 1.98. The van der Waals surface area contributed by atoms with E-state index in [4.69, 9.17) is 0 Å². The standard InChI is InChI=1S/C14H15F3N2O2S/c15-14(16,17)8-19-7-10(5-12(19)20)13(21)18-3-1-11-9(6-18)2-4-22-11/h2,4,10H,1,3,5-8H2/t10-/m0/s1. The zero-order valence-corrected chi connectivity index (χ0v) is 12.5. The Morgan fingerprint density at radius 2 is 2.18 bits per heavy atom. The molecule has 0 aromatic carbocycles. The highest BCUT2D eigenvalue weighted by molar-refractivity contribution is 7.10. The molecule has 0 spiro atoms. The van der Waals surface area contributed by atoms with E-state index >= 15 is 0 Å². The molecule has 1 saturated heterocycles. The monoisotopic (exact) mass is 332 g/mol. The predicted molar refractivity (Wildman–Crippen MR) is 74.2 cm³/mol. The summed E-state index contributed by atoms with van der Waals surface area (Å²) in [6.45, 7) is -0.355. The second-order valence-electron chi connectivity index (χ2n) is 5.67. The molecule has 1 atom stereocenters. The van der Waals surface area contributed by atoms with Crippen molar-refractivity contribution in [2.45, 2.75) is 25.6 Å². The largest absolute Gasteiger partial charge is 0.406 e. The molecule has 0 aliphatic carbocycles. The topological polar surface area (TPSA) is 40.6 Å². The van der Waals surface area contributed by atoms with Gasteiger partial charge in [-0.15, -0.1) is 11.3 Å². The predicted octanol–water partition coefficient (Wildman–Crippen LogP) is 2.04. The zero-order chi connectivity index (χ0) is 15.9. The number of hydrogen-bond donors (Lipinski definition) is 0. The van der Waals surface area contributed by atoms with Crippen LogP contribution in [-0.4, -0.2) is 47.4 Å². The van der Waals surface area contributed by atoms with E-state index in [0.717, 1.165) is 16.9 Å². The SMILES string of the molecule is O=C1C[C@H](C(=O)N2CCc3sccc3C2)CN1CC(F)(F)F. The van der Waals surface area contributed by atoms with Crippen LogP contribution < -0.4 is 0 Å². The number of carbonyl (C=O) groups is 2. The molecule has 3 rings (SSSR count). The summed E-state index contributed by atoms with van der Waals surface area (Å²) in [6, 6.07) is 1.97. The van der Waals surface area contributed by atoms with Gasteiger partial charge >= 0.3 is 6.18 Å². The molecule has 1 aromatic rings. The van der Waals surface area contributed by atoms with E-state index in [1.807, 2.05) is 11.4 Å². The summed E-state index contributed by atoms with van der Waals surface area (Å²) in [4.78, 5) is 27.8. The highest BCUT2D eigenvalue weighted by Gasteiger charge is 2.42. The number of thiophene rings is 1. The van der Waals surface area contributed by atoms with Gasteiger partial charge < -0.3 is 9.80 Å². The Hall–Kier alpha value is -1.57. The summed E-state index contributed by atoms with van der Waals surface area (Å²) in [5.41, 5.74) is 1.10. The Morgan fingerprint density at radius 1 is 1.41 bits per heavy atom. The number of hydrogen-bond acceptors (Lipinski definition) is 3. The molecule has 0 radical (unpaired) electrons. The van der Waals surface area contributed by atoms with Crippen molar-refractivity contribution < 1.29 is 22.8 Å². The van der Waals surface area contributed by atoms with Crippen LogP contribution in [0.1, 0.15) is 16.9 Å². The summed E-state index contributed by atoms with van der Waals surface area (Å²) in [7, 11) is 0. The number of rotatable bonds is 2. The smallest absolute Gasteiger partial charge is 0.338 e. The molecular weight excluding hydrogens is 317 g/mol. The number of alkyl halides is 3. The van der Waals surface area contributed by atoms with E-state index < -0.39 is 24.5 Å². The Bertz CT molecular complexity index is 599. The van der Waals surface area contributed by atoms with Gasteiger partial charge in [0.15, 0.2) is 0 Å². The number of amides is 2. The minimum Gasteiger partial charge on any atom is -0.338 e. The second kappa shape index (κ2) is 5.57. The van der Waals surface area contributed by atoms with Crippen molar-refractivity contribution in [3.63, 3.8) is 0 Å². The molecule has 2 amide bonds. The summed E-state index contributed by atoms with van der Waals surface area (Å²) in [6.07, 6.45) is -3.78. The lowest BCUT2D eigenvalue weighted by molar-refractivity contribution is -0.157. The molecule has 3 heterocycles. The van der Waals surface area contributed by atoms with Crippen molar-refractivity contribution in [2.24, 2.45) is 5.92 Å². The van der Waals surface area contributed by atoms with Crippen LogP contribution >= 0.6 is 11.3 Å². The molecule has 120 valence electrons. The van der Waals surface area contributed by atoms with E-state index in [1.54, 1.807) is 16.2 Å². The van der Waals surface area contributed by atoms with Gasteiger partial charge in [0.1, 0.15) is 6.54 Å². The zero-order valence-electron chi connectivity index (χ0n) is 11.7. The summed E-state index contributed by atoms with van der Waals surface area (Å²) in [5.74, 6) is -1.46. The number of nitrogens with zero attached hydrogens (tertiary/aromatic N) is 2. The first-order valence-electron chi connectivity index (χ1n) is 7.02. The highest BCUT2D eigenvalue weighted by atomic mass is 32.1. The number of likely N-dealkylation sites (tertiary alicyclic amines) is 1. The maximum Gasteiger partial charge on any atom is 0.406 e. The molecule has 0 unspecified atom stereocenters. The van der Waals surface area contributed by atoms with Crippen LogP contribution in [0.3, 0.4) is 0 Å². The first kappa shape index (κ1) is 15.3. The van der Waals surface area contributed by atoms with Gasteiger partial charge in [-0.2, -0.15) is 13.2 Å². The van der Waals surface area contributed by atoms with E-state index in [-0.39, 0.29) is 18.9 Å². The van der Waals surface area contributed by atoms with Crippen LogP contribution in [0.15, 0.2) is 11.4 Å². The van der Waals surface area contributed by atoms with E-state index in [9.17, 15) is 22.8 Å². The Kier molecular flexibility index (Phi) is 3.88. The van der Waals surface area contributed by atoms with Gasteiger partial charge in [-0.25, -0.2) is 0 Å². The van der Waals surface area contributed by atoms with Crippen molar-refractivity contribution in [1.29, 1.82) is 0 Å². The Balaban J connectivity index is 1.63. The van der Waals surface area contributed by atoms with Crippen LogP contribution in [0.2, 0.25) is 0 Å². The molecule has 1 fully saturated rings. The molecule has 2 aliphatic heterocycles. The summed E-state index contributed by atoms with van der Waals surface area (Å²) < 4.78 is 37.2. The number of fused-ring (bicyclic) bond motifs is 1. The summed E-state index contributed by atoms with van der Waals surface area (Å²) >= 11 is 1.65. The molecule has 8 heteroatoms. The number of halogens is 3. The molecule has 0 saturated carbocycles. The lowest BCUT2D eigenvalue weighted by Crippen LogP contribution is -2.41. The fraction of sp³-hybridized carbons (Fsp3) is 0.571. The third-order valence-electron chi connectivity index (χ3n) is 4.05. The van der Waals surface area contributed by atoms with Gasteiger partial charge in [0.2, 0.25) is 11.8 Å². The van der Waals surface area contributed by atoms with E-state index in [0.29, 0.717) is 13.1 Å². The van der Waals surface area contributed by atoms with Gasteiger partial charge in [0, 0.05) is 30.9 Å². The lowest BCUT2D eigenvalue weighted by Gasteiger charge is -2.29. The van der Waals surface area contributed by atoms with E-state index in [1.165, 1.54) is 4.88 Å². The minimum absolute atomic E-state index is 0.123. The van der Waals surface area contributed by atoms with Gasteiger partial charge in [0.05, 0.1) is 5.92 Å². The quantitative estimate of drug-likeness (QED) is 0.832. The van der Waals surface area contributed by atoms with Crippen LogP contribution in [0.25, 0.3) is 0 Å². The molecular formula is C14H15F3N2O2S. The van der Waals surface area contributed by atoms with Crippen molar-refractivity contribution in [3.8, 4) is 0 Å². The average molecular weight is 332 g/mol. The number of carbonyl (C=O) groups excluding carboxylic acids is 2. The van der Waals surface area contributed by atoms with Crippen LogP contribution in [0.4, 0.5) is 13.2 Å². The van der Waals surface area contributed by atoms with Crippen LogP contribution in [0.5, 0.6) is 0 Å². The molecule has 0 bridgehead atoms. The van der Waals surface area contributed by atoms with Crippen molar-refractivity contribution in [1.82, 2.24) is 9.80 Å². The highest BCUT2D eigenvalue weighted by Crippen LogP contribution is 2.28. The van der Waals surface area contributed by atoms with Crippen molar-refractivity contribution >= 4 is 23.2 Å². The first-order chi connectivity index (χ1) is 10.3. The van der Waals surface area contributed by atoms with Crippen LogP contribution in [0, 0.1) is 5.92 Å². The molecule has 0 N–H and O–H groups in total. The normalized spacial score (nSPS) is 22.1. The van der Waals surface area contributed by atoms with Gasteiger partial charge in [-0.3, -0.25) is 9.59 Å². The first-order valence-corrected chi connectivity index (χ1v) is 7.90. The Morgan fingerprint density at radius 3 is 2.91 bits per heavy atom. The van der Waals surface area contributed by atoms with Gasteiger partial charge in [0.25, 0.3) is 0 Å². The third-order valence-corrected chi connectivity index (χ3v) is 5.08. The van der Waals surface area contributed by atoms with Gasteiger partial charge in [-0.1, -0.05) is 0 Å². The third kappa shape index (κ3) is 3.11. The minimum atomic E-state index is -4.43. The Labute approximate surface area is 129 Å². The molecule has 22 heavy (non-hydrogen) atoms. The fourth-order valence-corrected chi connectivity index (χ4v) is 3.89. The van der Waals surface area contributed by atoms with Crippen molar-refractivity contribution in [3.05, 3.63) is 21.9 Å².